The van der Waals surface area contributed by atoms with Crippen molar-refractivity contribution in [1.29, 1.82) is 5.26 Å². The normalized spacial score (nSPS) is 10.8. The highest BCUT2D eigenvalue weighted by molar-refractivity contribution is 6.31. The van der Waals surface area contributed by atoms with Gasteiger partial charge in [-0.25, -0.2) is 4.98 Å². The van der Waals surface area contributed by atoms with E-state index < -0.39 is 5.91 Å². The van der Waals surface area contributed by atoms with E-state index in [9.17, 15) is 10.1 Å². The van der Waals surface area contributed by atoms with E-state index in [2.05, 4.69) is 16.0 Å². The quantitative estimate of drug-likeness (QED) is 0.731. The van der Waals surface area contributed by atoms with Gasteiger partial charge in [-0.1, -0.05) is 11.6 Å². The van der Waals surface area contributed by atoms with Gasteiger partial charge in [-0.15, -0.1) is 0 Å². The van der Waals surface area contributed by atoms with Crippen molar-refractivity contribution in [2.24, 2.45) is 12.8 Å². The van der Waals surface area contributed by atoms with E-state index in [4.69, 9.17) is 23.1 Å². The molecule has 1 amide bonds. The molecule has 0 aliphatic heterocycles. The Labute approximate surface area is 148 Å². The highest BCUT2D eigenvalue weighted by Gasteiger charge is 2.25. The topological polar surface area (TPSA) is 124 Å². The predicted octanol–water partition coefficient (Wildman–Crippen LogP) is 2.46. The fraction of sp³-hybridized carbons (Fsp3) is 0.176. The first-order valence-electron chi connectivity index (χ1n) is 7.38. The van der Waals surface area contributed by atoms with Crippen molar-refractivity contribution in [2.45, 2.75) is 13.8 Å². The zero-order valence-corrected chi connectivity index (χ0v) is 14.6. The number of hydrogen-bond donors (Lipinski definition) is 2. The number of nitrogens with two attached hydrogens (primary N) is 2. The van der Waals surface area contributed by atoms with Crippen LogP contribution in [0.5, 0.6) is 0 Å². The molecular weight excluding hydrogens is 340 g/mol. The van der Waals surface area contributed by atoms with Gasteiger partial charge >= 0.3 is 0 Å². The van der Waals surface area contributed by atoms with Crippen molar-refractivity contribution in [2.75, 3.05) is 5.73 Å². The van der Waals surface area contributed by atoms with Gasteiger partial charge in [0.25, 0.3) is 5.91 Å². The van der Waals surface area contributed by atoms with Gasteiger partial charge < -0.3 is 16.0 Å². The predicted molar refractivity (Wildman–Crippen MR) is 96.1 cm³/mol. The lowest BCUT2D eigenvalue weighted by Gasteiger charge is -2.14. The van der Waals surface area contributed by atoms with E-state index in [-0.39, 0.29) is 11.4 Å². The Hall–Kier alpha value is -3.11. The maximum Gasteiger partial charge on any atom is 0.269 e. The van der Waals surface area contributed by atoms with Crippen LogP contribution < -0.4 is 11.5 Å². The number of aryl methyl sites for hydroxylation is 1. The van der Waals surface area contributed by atoms with Crippen LogP contribution in [0.4, 0.5) is 5.69 Å². The molecule has 3 heterocycles. The third-order valence-electron chi connectivity index (χ3n) is 4.42. The highest BCUT2D eigenvalue weighted by atomic mass is 35.5. The van der Waals surface area contributed by atoms with Crippen LogP contribution in [0.1, 0.15) is 27.3 Å². The van der Waals surface area contributed by atoms with E-state index in [1.807, 2.05) is 6.92 Å². The summed E-state index contributed by atoms with van der Waals surface area (Å²) in [5.41, 5.74) is 15.2. The van der Waals surface area contributed by atoms with E-state index in [0.29, 0.717) is 38.4 Å². The van der Waals surface area contributed by atoms with Gasteiger partial charge in [-0.2, -0.15) is 5.26 Å². The average Bonchev–Trinajstić information content (AvgIpc) is 2.81. The first kappa shape index (κ1) is 16.7. The van der Waals surface area contributed by atoms with Gasteiger partial charge in [0, 0.05) is 41.6 Å². The molecule has 0 radical (unpaired) electrons. The molecule has 3 rings (SSSR count). The molecule has 0 atom stereocenters. The molecule has 25 heavy (non-hydrogen) atoms. The fourth-order valence-electron chi connectivity index (χ4n) is 2.93. The largest absolute Gasteiger partial charge is 0.396 e. The number of nitrogens with zero attached hydrogens (tertiary/aromatic N) is 4. The van der Waals surface area contributed by atoms with Crippen LogP contribution in [0.3, 0.4) is 0 Å². The van der Waals surface area contributed by atoms with Crippen LogP contribution in [-0.4, -0.2) is 20.4 Å². The molecule has 8 heteroatoms. The molecule has 0 aliphatic carbocycles. The van der Waals surface area contributed by atoms with Crippen LogP contribution in [0.2, 0.25) is 5.02 Å². The zero-order valence-electron chi connectivity index (χ0n) is 13.9. The molecule has 3 aromatic heterocycles. The number of pyridine rings is 2. The highest BCUT2D eigenvalue weighted by Crippen LogP contribution is 2.40. The standard InChI is InChI=1S/C17H15ClN6O/c1-7-10(5-22-6-11(7)18)12-13-9(4-19)8(2)24(3)17(13)23-15(14(12)20)16(21)25/h5-6H,20H2,1-3H3,(H2,21,25). The number of anilines is 1. The molecular formula is C17H15ClN6O. The summed E-state index contributed by atoms with van der Waals surface area (Å²) in [6.07, 6.45) is 3.12. The lowest BCUT2D eigenvalue weighted by Crippen LogP contribution is -2.17. The molecule has 0 aromatic carbocycles. The number of amides is 1. The molecule has 0 bridgehead atoms. The minimum atomic E-state index is -0.745. The monoisotopic (exact) mass is 354 g/mol. The van der Waals surface area contributed by atoms with Crippen molar-refractivity contribution in [3.63, 3.8) is 0 Å². The Bertz CT molecular complexity index is 1090. The lowest BCUT2D eigenvalue weighted by atomic mass is 9.95. The minimum absolute atomic E-state index is 0.0491. The molecule has 0 unspecified atom stereocenters. The number of halogens is 1. The second-order valence-electron chi connectivity index (χ2n) is 5.74. The number of rotatable bonds is 2. The minimum Gasteiger partial charge on any atom is -0.396 e. The van der Waals surface area contributed by atoms with Crippen LogP contribution in [0, 0.1) is 25.2 Å². The second kappa shape index (κ2) is 5.76. The summed E-state index contributed by atoms with van der Waals surface area (Å²) in [4.78, 5) is 20.3. The Morgan fingerprint density at radius 2 is 2.04 bits per heavy atom. The SMILES string of the molecule is Cc1c(Cl)cncc1-c1c(N)c(C(N)=O)nc2c1c(C#N)c(C)n2C. The van der Waals surface area contributed by atoms with Crippen molar-refractivity contribution in [1.82, 2.24) is 14.5 Å². The zero-order chi connectivity index (χ0) is 18.5. The van der Waals surface area contributed by atoms with Crippen LogP contribution in [-0.2, 0) is 7.05 Å². The van der Waals surface area contributed by atoms with E-state index in [1.165, 1.54) is 6.20 Å². The summed E-state index contributed by atoms with van der Waals surface area (Å²) in [6.45, 7) is 3.62. The third-order valence-corrected chi connectivity index (χ3v) is 4.80. The Morgan fingerprint density at radius 1 is 1.36 bits per heavy atom. The van der Waals surface area contributed by atoms with Crippen molar-refractivity contribution in [3.05, 3.63) is 39.9 Å². The number of carbonyl (C=O) groups is 1. The van der Waals surface area contributed by atoms with Crippen LogP contribution in [0.25, 0.3) is 22.2 Å². The first-order valence-corrected chi connectivity index (χ1v) is 7.76. The smallest absolute Gasteiger partial charge is 0.269 e. The number of carbonyl (C=O) groups excluding carboxylic acids is 1. The van der Waals surface area contributed by atoms with E-state index in [0.717, 1.165) is 5.56 Å². The van der Waals surface area contributed by atoms with Gasteiger partial charge in [-0.05, 0) is 19.4 Å². The molecule has 0 saturated carbocycles. The molecule has 0 spiro atoms. The number of hydrogen-bond acceptors (Lipinski definition) is 5. The number of nitrogen functional groups attached to an aromatic ring is 1. The summed E-state index contributed by atoms with van der Waals surface area (Å²) < 4.78 is 1.73. The number of aromatic nitrogens is 3. The number of primary amides is 1. The van der Waals surface area contributed by atoms with Gasteiger partial charge in [0.2, 0.25) is 0 Å². The Morgan fingerprint density at radius 3 is 2.64 bits per heavy atom. The molecule has 3 aromatic rings. The maximum atomic E-state index is 11.8. The second-order valence-corrected chi connectivity index (χ2v) is 6.14. The van der Waals surface area contributed by atoms with Crippen molar-refractivity contribution < 1.29 is 4.79 Å². The van der Waals surface area contributed by atoms with E-state index in [1.54, 1.807) is 24.7 Å². The molecule has 126 valence electrons. The summed E-state index contributed by atoms with van der Waals surface area (Å²) in [7, 11) is 1.76. The maximum absolute atomic E-state index is 11.8. The molecule has 7 nitrogen and oxygen atoms in total. The summed E-state index contributed by atoms with van der Waals surface area (Å²) in [6, 6.07) is 2.19. The summed E-state index contributed by atoms with van der Waals surface area (Å²) in [5, 5.41) is 10.6. The van der Waals surface area contributed by atoms with Crippen molar-refractivity contribution >= 4 is 34.2 Å². The average molecular weight is 355 g/mol. The van der Waals surface area contributed by atoms with Gasteiger partial charge in [0.05, 0.1) is 16.3 Å². The van der Waals surface area contributed by atoms with Crippen molar-refractivity contribution in [3.8, 4) is 17.2 Å². The van der Waals surface area contributed by atoms with Crippen LogP contribution >= 0.6 is 11.6 Å². The molecule has 0 aliphatic rings. The first-order chi connectivity index (χ1) is 11.8. The van der Waals surface area contributed by atoms with Gasteiger partial charge in [0.15, 0.2) is 5.69 Å². The summed E-state index contributed by atoms with van der Waals surface area (Å²) >= 11 is 6.20. The third kappa shape index (κ3) is 2.30. The fourth-order valence-corrected chi connectivity index (χ4v) is 3.09. The van der Waals surface area contributed by atoms with Gasteiger partial charge in [-0.3, -0.25) is 9.78 Å². The molecule has 0 saturated heterocycles. The Kier molecular flexibility index (Phi) is 3.85. The number of nitriles is 1. The van der Waals surface area contributed by atoms with E-state index >= 15 is 0 Å². The molecule has 0 fully saturated rings. The lowest BCUT2D eigenvalue weighted by molar-refractivity contribution is 0.0997. The van der Waals surface area contributed by atoms with Crippen LogP contribution in [0.15, 0.2) is 12.4 Å². The Balaban J connectivity index is 2.63. The summed E-state index contributed by atoms with van der Waals surface area (Å²) in [5.74, 6) is -0.745. The van der Waals surface area contributed by atoms with Gasteiger partial charge in [0.1, 0.15) is 11.7 Å². The number of fused-ring (bicyclic) bond motifs is 1. The molecule has 4 N–H and O–H groups in total.